The minimum absolute atomic E-state index is 1.11. The Morgan fingerprint density at radius 3 is 1.67 bits per heavy atom. The van der Waals surface area contributed by atoms with E-state index in [0.717, 1.165) is 0 Å². The van der Waals surface area contributed by atoms with Gasteiger partial charge in [-0.2, -0.15) is 0 Å². The van der Waals surface area contributed by atoms with Crippen molar-refractivity contribution in [3.05, 3.63) is 20.2 Å². The molecular formula is BiN2O6. The van der Waals surface area contributed by atoms with Gasteiger partial charge in [-0.3, -0.25) is 0 Å². The number of hydrogen-bond acceptors (Lipinski definition) is 6. The van der Waals surface area contributed by atoms with Crippen molar-refractivity contribution in [3.8, 4) is 0 Å². The molecule has 0 rings (SSSR count). The molecule has 8 nitrogen and oxygen atoms in total. The van der Waals surface area contributed by atoms with Crippen LogP contribution in [0.15, 0.2) is 0 Å². The van der Waals surface area contributed by atoms with Gasteiger partial charge >= 0.3 is 60.3 Å². The van der Waals surface area contributed by atoms with E-state index in [1.807, 2.05) is 0 Å². The van der Waals surface area contributed by atoms with Crippen LogP contribution in [0.5, 0.6) is 0 Å². The summed E-state index contributed by atoms with van der Waals surface area (Å²) in [6, 6.07) is 0. The number of rotatable bonds is 4. The second-order valence-corrected chi connectivity index (χ2v) is 2.53. The molecule has 9 heavy (non-hydrogen) atoms. The summed E-state index contributed by atoms with van der Waals surface area (Å²) in [6.07, 6.45) is 0. The fourth-order valence-electron chi connectivity index (χ4n) is 0.0693. The van der Waals surface area contributed by atoms with E-state index in [-0.39, 0.29) is 0 Å². The molecule has 0 saturated heterocycles. The zero-order valence-electron chi connectivity index (χ0n) is 3.79. The van der Waals surface area contributed by atoms with Gasteiger partial charge in [0.15, 0.2) is 0 Å². The maximum absolute atomic E-state index is 9.31. The van der Waals surface area contributed by atoms with Gasteiger partial charge in [0.05, 0.1) is 0 Å². The van der Waals surface area contributed by atoms with Crippen LogP contribution in [0.2, 0.25) is 0 Å². The summed E-state index contributed by atoms with van der Waals surface area (Å²) in [5.41, 5.74) is 0. The zero-order valence-corrected chi connectivity index (χ0v) is 7.27. The predicted octanol–water partition coefficient (Wildman–Crippen LogP) is -1.06. The van der Waals surface area contributed by atoms with Crippen LogP contribution in [0.25, 0.3) is 0 Å². The third-order valence-electron chi connectivity index (χ3n) is 0.200. The van der Waals surface area contributed by atoms with Gasteiger partial charge in [0.1, 0.15) is 0 Å². The second kappa shape index (κ2) is 4.19. The third-order valence-corrected chi connectivity index (χ3v) is 1.75. The van der Waals surface area contributed by atoms with E-state index in [1.165, 1.54) is 0 Å². The molecule has 1 radical (unpaired) electrons. The van der Waals surface area contributed by atoms with Crippen LogP contribution in [0, 0.1) is 20.2 Å². The van der Waals surface area contributed by atoms with E-state index in [1.54, 1.807) is 0 Å². The van der Waals surface area contributed by atoms with Crippen molar-refractivity contribution in [3.63, 3.8) is 0 Å². The first kappa shape index (κ1) is 8.28. The van der Waals surface area contributed by atoms with Gasteiger partial charge in [-0.25, -0.2) is 0 Å². The second-order valence-electron chi connectivity index (χ2n) is 0.685. The van der Waals surface area contributed by atoms with Gasteiger partial charge in [-0.15, -0.1) is 0 Å². The zero-order chi connectivity index (χ0) is 7.28. The van der Waals surface area contributed by atoms with Crippen molar-refractivity contribution in [1.82, 2.24) is 0 Å². The van der Waals surface area contributed by atoms with E-state index in [2.05, 4.69) is 5.83 Å². The van der Waals surface area contributed by atoms with Gasteiger partial charge in [0.2, 0.25) is 0 Å². The van der Waals surface area contributed by atoms with Crippen molar-refractivity contribution in [2.75, 3.05) is 0 Å². The molecule has 0 N–H and O–H groups in total. The Kier molecular flexibility index (Phi) is 3.86. The van der Waals surface area contributed by atoms with Crippen LogP contribution in [-0.4, -0.2) is 34.3 Å². The molecule has 0 aliphatic carbocycles. The van der Waals surface area contributed by atoms with E-state index >= 15 is 0 Å². The van der Waals surface area contributed by atoms with Crippen LogP contribution in [0.3, 0.4) is 0 Å². The van der Waals surface area contributed by atoms with Crippen LogP contribution >= 0.6 is 0 Å². The summed E-state index contributed by atoms with van der Waals surface area (Å²) in [6.45, 7) is 0. The van der Waals surface area contributed by atoms with E-state index in [4.69, 9.17) is 0 Å². The van der Waals surface area contributed by atoms with Crippen molar-refractivity contribution in [1.29, 1.82) is 0 Å². The molecule has 0 saturated carbocycles. The Bertz CT molecular complexity index is 106. The summed E-state index contributed by atoms with van der Waals surface area (Å²) in [7, 11) is 0. The molecule has 0 atom stereocenters. The molecule has 0 unspecified atom stereocenters. The van der Waals surface area contributed by atoms with Crippen molar-refractivity contribution >= 4 is 24.1 Å². The first-order chi connectivity index (χ1) is 4.13. The molecule has 0 amide bonds. The number of hydrogen-bond donors (Lipinski definition) is 0. The fraction of sp³-hybridized carbons (Fsp3) is 0. The molecule has 0 aromatic carbocycles. The van der Waals surface area contributed by atoms with Crippen LogP contribution in [0.1, 0.15) is 0 Å². The Labute approximate surface area is 60.8 Å². The van der Waals surface area contributed by atoms with E-state index in [0.29, 0.717) is 0 Å². The number of nitrogens with zero attached hydrogens (tertiary/aromatic N) is 2. The molecule has 9 heteroatoms. The molecule has 51 valence electrons. The Balaban J connectivity index is 3.10. The molecule has 0 aliphatic heterocycles. The minimum atomic E-state index is -2.41. The van der Waals surface area contributed by atoms with E-state index < -0.39 is 34.3 Å². The van der Waals surface area contributed by atoms with Gasteiger partial charge in [-0.05, 0) is 0 Å². The normalized spacial score (nSPS) is 8.00. The summed E-state index contributed by atoms with van der Waals surface area (Å²) in [5.74, 6) is 0. The van der Waals surface area contributed by atoms with Crippen LogP contribution in [0.4, 0.5) is 0 Å². The standard InChI is InChI=1S/Bi.2NO3/c;2*2-1(3)4/q+2;2*-1. The summed E-state index contributed by atoms with van der Waals surface area (Å²) < 4.78 is 7.18. The monoisotopic (exact) mass is 333 g/mol. The van der Waals surface area contributed by atoms with E-state index in [9.17, 15) is 20.2 Å². The summed E-state index contributed by atoms with van der Waals surface area (Å²) in [4.78, 5) is 18.6. The van der Waals surface area contributed by atoms with Crippen molar-refractivity contribution in [2.45, 2.75) is 0 Å². The molecule has 0 aromatic heterocycles. The predicted molar refractivity (Wildman–Crippen MR) is 21.9 cm³/mol. The van der Waals surface area contributed by atoms with Crippen LogP contribution < -0.4 is 0 Å². The van der Waals surface area contributed by atoms with Gasteiger partial charge < -0.3 is 0 Å². The summed E-state index contributed by atoms with van der Waals surface area (Å²) in [5, 5.41) is 16.4. The Morgan fingerprint density at radius 2 is 1.44 bits per heavy atom. The van der Waals surface area contributed by atoms with Gasteiger partial charge in [0.25, 0.3) is 0 Å². The first-order valence-corrected chi connectivity index (χ1v) is 4.30. The molecule has 0 bridgehead atoms. The summed E-state index contributed by atoms with van der Waals surface area (Å²) >= 11 is -2.41. The topological polar surface area (TPSA) is 105 Å². The van der Waals surface area contributed by atoms with Crippen molar-refractivity contribution in [2.24, 2.45) is 0 Å². The average Bonchev–Trinajstić information content (AvgIpc) is 1.63. The van der Waals surface area contributed by atoms with Gasteiger partial charge in [0, 0.05) is 0 Å². The Hall–Kier alpha value is -0.717. The molecule has 0 fully saturated rings. The fourth-order valence-corrected chi connectivity index (χ4v) is 0.608. The molecule has 0 spiro atoms. The Morgan fingerprint density at radius 1 is 1.11 bits per heavy atom. The van der Waals surface area contributed by atoms with Crippen LogP contribution in [-0.2, 0) is 5.83 Å². The molecule has 0 aliphatic rings. The third kappa shape index (κ3) is 7.28. The van der Waals surface area contributed by atoms with Gasteiger partial charge in [-0.1, -0.05) is 0 Å². The van der Waals surface area contributed by atoms with Crippen molar-refractivity contribution < 1.29 is 16.0 Å². The molecular weight excluding hydrogens is 333 g/mol. The first-order valence-electron chi connectivity index (χ1n) is 1.46. The molecule has 0 heterocycles. The molecule has 0 aromatic rings. The quantitative estimate of drug-likeness (QED) is 0.369. The average molecular weight is 333 g/mol. The maximum atomic E-state index is 9.31. The SMILES string of the molecule is O=[N+]([O-])[O][Bi][O][N+](=O)[O-].